The molecule has 0 fully saturated rings. The van der Waals surface area contributed by atoms with E-state index in [4.69, 9.17) is 5.73 Å². The molecule has 0 radical (unpaired) electrons. The van der Waals surface area contributed by atoms with Crippen LogP contribution < -0.4 is 5.73 Å². The van der Waals surface area contributed by atoms with Gasteiger partial charge in [0.05, 0.1) is 12.7 Å². The lowest BCUT2D eigenvalue weighted by atomic mass is 10.0. The van der Waals surface area contributed by atoms with E-state index in [0.29, 0.717) is 24.7 Å². The Morgan fingerprint density at radius 2 is 2.00 bits per heavy atom. The van der Waals surface area contributed by atoms with E-state index in [2.05, 4.69) is 24.2 Å². The quantitative estimate of drug-likeness (QED) is 0.845. The third-order valence-electron chi connectivity index (χ3n) is 3.95. The van der Waals surface area contributed by atoms with Crippen LogP contribution in [-0.2, 0) is 6.54 Å². The van der Waals surface area contributed by atoms with E-state index in [0.717, 1.165) is 12.0 Å². The summed E-state index contributed by atoms with van der Waals surface area (Å²) >= 11 is 0. The number of rotatable bonds is 7. The molecule has 0 aliphatic rings. The van der Waals surface area contributed by atoms with Crippen LogP contribution in [0.3, 0.4) is 0 Å². The van der Waals surface area contributed by atoms with E-state index >= 15 is 0 Å². The first kappa shape index (κ1) is 17.1. The second kappa shape index (κ2) is 7.87. The van der Waals surface area contributed by atoms with Crippen molar-refractivity contribution < 1.29 is 4.79 Å². The zero-order valence-electron chi connectivity index (χ0n) is 14.0. The molecule has 1 aromatic heterocycles. The molecule has 1 heterocycles. The van der Waals surface area contributed by atoms with Gasteiger partial charge in [-0.25, -0.2) is 4.68 Å². The summed E-state index contributed by atoms with van der Waals surface area (Å²) in [5.41, 5.74) is 7.50. The molecule has 2 N–H and O–H groups in total. The van der Waals surface area contributed by atoms with E-state index in [-0.39, 0.29) is 11.9 Å². The van der Waals surface area contributed by atoms with Crippen LogP contribution in [0.5, 0.6) is 0 Å². The van der Waals surface area contributed by atoms with Gasteiger partial charge in [0, 0.05) is 19.6 Å². The standard InChI is InChI=1S/C17H25N5O/c1-13(2)15(18)9-10-21(3)17(23)16-12-22(20-19-16)11-14-7-5-4-6-8-14/h4-8,12-13,15H,9-11,18H2,1-3H3. The molecule has 124 valence electrons. The molecule has 6 nitrogen and oxygen atoms in total. The largest absolute Gasteiger partial charge is 0.340 e. The summed E-state index contributed by atoms with van der Waals surface area (Å²) in [6, 6.07) is 10.1. The van der Waals surface area contributed by atoms with Gasteiger partial charge in [0.2, 0.25) is 0 Å². The lowest BCUT2D eigenvalue weighted by Gasteiger charge is -2.20. The highest BCUT2D eigenvalue weighted by Crippen LogP contribution is 2.07. The highest BCUT2D eigenvalue weighted by Gasteiger charge is 2.17. The first-order valence-electron chi connectivity index (χ1n) is 7.92. The maximum atomic E-state index is 12.4. The minimum atomic E-state index is -0.125. The number of amides is 1. The van der Waals surface area contributed by atoms with Gasteiger partial charge in [-0.3, -0.25) is 4.79 Å². The number of carbonyl (C=O) groups excluding carboxylic acids is 1. The highest BCUT2D eigenvalue weighted by molar-refractivity contribution is 5.91. The van der Waals surface area contributed by atoms with Crippen molar-refractivity contribution in [2.45, 2.75) is 32.9 Å². The van der Waals surface area contributed by atoms with Crippen LogP contribution in [0.25, 0.3) is 0 Å². The second-order valence-electron chi connectivity index (χ2n) is 6.21. The molecule has 2 rings (SSSR count). The molecule has 0 bridgehead atoms. The molecule has 1 atom stereocenters. The van der Waals surface area contributed by atoms with Crippen molar-refractivity contribution in [1.82, 2.24) is 19.9 Å². The van der Waals surface area contributed by atoms with Crippen molar-refractivity contribution in [3.8, 4) is 0 Å². The van der Waals surface area contributed by atoms with Crippen LogP contribution in [0.4, 0.5) is 0 Å². The third-order valence-corrected chi connectivity index (χ3v) is 3.95. The zero-order valence-corrected chi connectivity index (χ0v) is 14.0. The van der Waals surface area contributed by atoms with Crippen molar-refractivity contribution in [1.29, 1.82) is 0 Å². The van der Waals surface area contributed by atoms with Crippen molar-refractivity contribution in [3.05, 3.63) is 47.8 Å². The van der Waals surface area contributed by atoms with E-state index in [1.54, 1.807) is 22.8 Å². The van der Waals surface area contributed by atoms with E-state index in [1.165, 1.54) is 0 Å². The van der Waals surface area contributed by atoms with Gasteiger partial charge < -0.3 is 10.6 Å². The molecular formula is C17H25N5O. The van der Waals surface area contributed by atoms with Crippen molar-refractivity contribution in [2.24, 2.45) is 11.7 Å². The number of carbonyl (C=O) groups is 1. The summed E-state index contributed by atoms with van der Waals surface area (Å²) in [5, 5.41) is 8.02. The molecule has 23 heavy (non-hydrogen) atoms. The van der Waals surface area contributed by atoms with Crippen LogP contribution in [0.15, 0.2) is 36.5 Å². The van der Waals surface area contributed by atoms with Gasteiger partial charge >= 0.3 is 0 Å². The predicted octanol–water partition coefficient (Wildman–Crippen LogP) is 1.77. The lowest BCUT2D eigenvalue weighted by Crippen LogP contribution is -2.34. The Balaban J connectivity index is 1.92. The van der Waals surface area contributed by atoms with Gasteiger partial charge in [-0.15, -0.1) is 5.10 Å². The van der Waals surface area contributed by atoms with Crippen LogP contribution >= 0.6 is 0 Å². The number of nitrogens with two attached hydrogens (primary N) is 1. The Labute approximate surface area is 137 Å². The number of aromatic nitrogens is 3. The van der Waals surface area contributed by atoms with Gasteiger partial charge in [0.25, 0.3) is 5.91 Å². The topological polar surface area (TPSA) is 77.0 Å². The fourth-order valence-corrected chi connectivity index (χ4v) is 2.22. The fourth-order valence-electron chi connectivity index (χ4n) is 2.22. The fraction of sp³-hybridized carbons (Fsp3) is 0.471. The first-order valence-corrected chi connectivity index (χ1v) is 7.92. The van der Waals surface area contributed by atoms with Crippen molar-refractivity contribution in [3.63, 3.8) is 0 Å². The Kier molecular flexibility index (Phi) is 5.87. The van der Waals surface area contributed by atoms with Gasteiger partial charge in [-0.2, -0.15) is 0 Å². The monoisotopic (exact) mass is 315 g/mol. The number of nitrogens with zero attached hydrogens (tertiary/aromatic N) is 4. The van der Waals surface area contributed by atoms with E-state index in [1.807, 2.05) is 30.3 Å². The van der Waals surface area contributed by atoms with Gasteiger partial charge in [-0.05, 0) is 17.9 Å². The number of hydrogen-bond donors (Lipinski definition) is 1. The van der Waals surface area contributed by atoms with Crippen LogP contribution in [0.2, 0.25) is 0 Å². The Morgan fingerprint density at radius 1 is 1.30 bits per heavy atom. The SMILES string of the molecule is CC(C)C(N)CCN(C)C(=O)c1cn(Cc2ccccc2)nn1. The number of benzene rings is 1. The predicted molar refractivity (Wildman–Crippen MR) is 90.0 cm³/mol. The molecular weight excluding hydrogens is 290 g/mol. The van der Waals surface area contributed by atoms with E-state index < -0.39 is 0 Å². The average Bonchev–Trinajstić information content (AvgIpc) is 3.00. The first-order chi connectivity index (χ1) is 11.0. The van der Waals surface area contributed by atoms with Gasteiger partial charge in [-0.1, -0.05) is 49.4 Å². The molecule has 2 aromatic rings. The normalized spacial score (nSPS) is 12.4. The summed E-state index contributed by atoms with van der Waals surface area (Å²) in [6.07, 6.45) is 2.46. The Morgan fingerprint density at radius 3 is 2.65 bits per heavy atom. The minimum Gasteiger partial charge on any atom is -0.340 e. The van der Waals surface area contributed by atoms with Crippen LogP contribution in [0, 0.1) is 5.92 Å². The molecule has 0 saturated carbocycles. The van der Waals surface area contributed by atoms with Crippen molar-refractivity contribution >= 4 is 5.91 Å². The van der Waals surface area contributed by atoms with Crippen LogP contribution in [0.1, 0.15) is 36.3 Å². The second-order valence-corrected chi connectivity index (χ2v) is 6.21. The molecule has 6 heteroatoms. The molecule has 1 aromatic carbocycles. The smallest absolute Gasteiger partial charge is 0.275 e. The Hall–Kier alpha value is -2.21. The molecule has 0 saturated heterocycles. The van der Waals surface area contributed by atoms with Gasteiger partial charge in [0.1, 0.15) is 0 Å². The zero-order chi connectivity index (χ0) is 16.8. The molecule has 0 aliphatic heterocycles. The third kappa shape index (κ3) is 4.89. The molecule has 1 unspecified atom stereocenters. The van der Waals surface area contributed by atoms with E-state index in [9.17, 15) is 4.79 Å². The summed E-state index contributed by atoms with van der Waals surface area (Å²) in [6.45, 7) is 5.39. The molecule has 0 aliphatic carbocycles. The summed E-state index contributed by atoms with van der Waals surface area (Å²) < 4.78 is 1.68. The lowest BCUT2D eigenvalue weighted by molar-refractivity contribution is 0.0783. The Bertz CT molecular complexity index is 623. The summed E-state index contributed by atoms with van der Waals surface area (Å²) in [5.74, 6) is 0.283. The number of hydrogen-bond acceptors (Lipinski definition) is 4. The summed E-state index contributed by atoms with van der Waals surface area (Å²) in [7, 11) is 1.77. The minimum absolute atomic E-state index is 0.0963. The van der Waals surface area contributed by atoms with Gasteiger partial charge in [0.15, 0.2) is 5.69 Å². The molecule has 0 spiro atoms. The van der Waals surface area contributed by atoms with Crippen molar-refractivity contribution in [2.75, 3.05) is 13.6 Å². The van der Waals surface area contributed by atoms with Crippen LogP contribution in [-0.4, -0.2) is 45.4 Å². The highest BCUT2D eigenvalue weighted by atomic mass is 16.2. The maximum absolute atomic E-state index is 12.4. The summed E-state index contributed by atoms with van der Waals surface area (Å²) in [4.78, 5) is 14.0. The average molecular weight is 315 g/mol. The molecule has 1 amide bonds. The maximum Gasteiger partial charge on any atom is 0.275 e.